The van der Waals surface area contributed by atoms with Crippen LogP contribution in [-0.2, 0) is 6.54 Å². The fourth-order valence-electron chi connectivity index (χ4n) is 4.50. The molecule has 25 heavy (non-hydrogen) atoms. The molecule has 2 atom stereocenters. The molecular formula is C21H23N3O. The first kappa shape index (κ1) is 15.0. The smallest absolute Gasteiger partial charge is 0.134 e. The third-order valence-corrected chi connectivity index (χ3v) is 5.74. The number of rotatable bonds is 3. The number of aromatic nitrogens is 1. The lowest BCUT2D eigenvalue weighted by Gasteiger charge is -2.24. The number of fused-ring (bicyclic) bond motifs is 2. The van der Waals surface area contributed by atoms with Gasteiger partial charge in [0.1, 0.15) is 11.3 Å². The van der Waals surface area contributed by atoms with Crippen LogP contribution in [0.4, 0.5) is 5.69 Å². The van der Waals surface area contributed by atoms with Gasteiger partial charge in [-0.3, -0.25) is 9.88 Å². The van der Waals surface area contributed by atoms with Gasteiger partial charge in [0.2, 0.25) is 0 Å². The predicted octanol–water partition coefficient (Wildman–Crippen LogP) is 3.85. The maximum Gasteiger partial charge on any atom is 0.134 e. The van der Waals surface area contributed by atoms with Crippen LogP contribution in [0.25, 0.3) is 11.0 Å². The topological polar surface area (TPSA) is 32.5 Å². The van der Waals surface area contributed by atoms with Crippen LogP contribution in [0.15, 0.2) is 53.1 Å². The van der Waals surface area contributed by atoms with Gasteiger partial charge in [0.05, 0.1) is 6.54 Å². The van der Waals surface area contributed by atoms with Crippen LogP contribution in [0.3, 0.4) is 0 Å². The van der Waals surface area contributed by atoms with E-state index in [1.165, 1.54) is 24.0 Å². The lowest BCUT2D eigenvalue weighted by atomic mass is 10.1. The van der Waals surface area contributed by atoms with Gasteiger partial charge in [-0.15, -0.1) is 0 Å². The molecule has 0 aliphatic carbocycles. The van der Waals surface area contributed by atoms with Crippen molar-refractivity contribution in [3.8, 4) is 0 Å². The van der Waals surface area contributed by atoms with E-state index in [1.54, 1.807) is 0 Å². The molecule has 2 saturated heterocycles. The van der Waals surface area contributed by atoms with E-state index in [1.807, 2.05) is 12.3 Å². The normalized spacial score (nSPS) is 23.5. The Morgan fingerprint density at radius 3 is 2.96 bits per heavy atom. The molecule has 128 valence electrons. The number of anilines is 1. The molecule has 4 heteroatoms. The van der Waals surface area contributed by atoms with Gasteiger partial charge in [0.15, 0.2) is 0 Å². The number of pyridine rings is 1. The number of likely N-dealkylation sites (tertiary alicyclic amines) is 1. The van der Waals surface area contributed by atoms with Crippen molar-refractivity contribution in [2.24, 2.45) is 5.92 Å². The summed E-state index contributed by atoms with van der Waals surface area (Å²) in [6.07, 6.45) is 3.20. The second-order valence-electron chi connectivity index (χ2n) is 7.40. The molecule has 1 aromatic carbocycles. The zero-order chi connectivity index (χ0) is 16.8. The highest BCUT2D eigenvalue weighted by molar-refractivity contribution is 5.77. The molecule has 2 aliphatic rings. The van der Waals surface area contributed by atoms with Crippen LogP contribution in [0, 0.1) is 12.8 Å². The van der Waals surface area contributed by atoms with Crippen LogP contribution in [0.1, 0.15) is 17.9 Å². The van der Waals surface area contributed by atoms with Gasteiger partial charge in [-0.05, 0) is 50.1 Å². The van der Waals surface area contributed by atoms with Gasteiger partial charge < -0.3 is 9.32 Å². The molecule has 0 amide bonds. The van der Waals surface area contributed by atoms with Crippen molar-refractivity contribution in [2.45, 2.75) is 25.9 Å². The van der Waals surface area contributed by atoms with Crippen molar-refractivity contribution in [1.29, 1.82) is 0 Å². The molecule has 0 unspecified atom stereocenters. The summed E-state index contributed by atoms with van der Waals surface area (Å²) in [6, 6.07) is 15.4. The summed E-state index contributed by atoms with van der Waals surface area (Å²) in [5.41, 5.74) is 3.40. The van der Waals surface area contributed by atoms with Gasteiger partial charge >= 0.3 is 0 Å². The molecule has 2 aromatic heterocycles. The van der Waals surface area contributed by atoms with Crippen molar-refractivity contribution >= 4 is 16.7 Å². The molecule has 4 nitrogen and oxygen atoms in total. The highest BCUT2D eigenvalue weighted by Crippen LogP contribution is 2.35. The first-order valence-corrected chi connectivity index (χ1v) is 9.15. The first-order chi connectivity index (χ1) is 12.3. The Morgan fingerprint density at radius 2 is 2.08 bits per heavy atom. The summed E-state index contributed by atoms with van der Waals surface area (Å²) in [5.74, 6) is 1.85. The van der Waals surface area contributed by atoms with E-state index >= 15 is 0 Å². The summed E-state index contributed by atoms with van der Waals surface area (Å²) >= 11 is 0. The van der Waals surface area contributed by atoms with Gasteiger partial charge in [0, 0.05) is 42.1 Å². The van der Waals surface area contributed by atoms with Crippen LogP contribution in [0.5, 0.6) is 0 Å². The van der Waals surface area contributed by atoms with E-state index in [-0.39, 0.29) is 0 Å². The Balaban J connectivity index is 1.33. The summed E-state index contributed by atoms with van der Waals surface area (Å²) in [7, 11) is 0. The molecule has 0 bridgehead atoms. The van der Waals surface area contributed by atoms with Crippen molar-refractivity contribution in [3.63, 3.8) is 0 Å². The average Bonchev–Trinajstić information content (AvgIpc) is 3.29. The zero-order valence-corrected chi connectivity index (χ0v) is 14.6. The van der Waals surface area contributed by atoms with Crippen molar-refractivity contribution < 1.29 is 4.42 Å². The molecule has 0 radical (unpaired) electrons. The fourth-order valence-corrected chi connectivity index (χ4v) is 4.50. The minimum absolute atomic E-state index is 0.627. The van der Waals surface area contributed by atoms with Crippen LogP contribution in [-0.4, -0.2) is 35.6 Å². The SMILES string of the molecule is Cc1cc(N2C[C@@H]3CCN(Cc4cc5ccccc5o4)[C@@H]3C2)ccn1. The number of benzene rings is 1. The Hall–Kier alpha value is -2.33. The molecule has 0 N–H and O–H groups in total. The minimum Gasteiger partial charge on any atom is -0.460 e. The number of hydrogen-bond donors (Lipinski definition) is 0. The molecule has 2 aliphatic heterocycles. The number of para-hydroxylation sites is 1. The number of nitrogens with zero attached hydrogens (tertiary/aromatic N) is 3. The number of aryl methyl sites for hydroxylation is 1. The molecule has 5 rings (SSSR count). The molecule has 0 spiro atoms. The zero-order valence-electron chi connectivity index (χ0n) is 14.6. The van der Waals surface area contributed by atoms with E-state index in [0.29, 0.717) is 6.04 Å². The monoisotopic (exact) mass is 333 g/mol. The predicted molar refractivity (Wildman–Crippen MR) is 99.7 cm³/mol. The van der Waals surface area contributed by atoms with Crippen LogP contribution < -0.4 is 4.90 Å². The maximum atomic E-state index is 6.04. The second-order valence-corrected chi connectivity index (χ2v) is 7.40. The van der Waals surface area contributed by atoms with Gasteiger partial charge in [0.25, 0.3) is 0 Å². The highest BCUT2D eigenvalue weighted by atomic mass is 16.3. The Labute approximate surface area is 148 Å². The van der Waals surface area contributed by atoms with Crippen LogP contribution >= 0.6 is 0 Å². The average molecular weight is 333 g/mol. The van der Waals surface area contributed by atoms with Crippen LogP contribution in [0.2, 0.25) is 0 Å². The Bertz CT molecular complexity index is 870. The standard InChI is InChI=1S/C21H23N3O/c1-15-10-18(6-8-22-15)24-12-17-7-9-23(20(17)14-24)13-19-11-16-4-2-3-5-21(16)25-19/h2-6,8,10-11,17,20H,7,9,12-14H2,1H3/t17-,20+/m0/s1. The Kier molecular flexibility index (Phi) is 3.52. The summed E-state index contributed by atoms with van der Waals surface area (Å²) in [6.45, 7) is 6.42. The van der Waals surface area contributed by atoms with E-state index < -0.39 is 0 Å². The van der Waals surface area contributed by atoms with Crippen molar-refractivity contribution in [3.05, 3.63) is 60.1 Å². The maximum absolute atomic E-state index is 6.04. The number of furan rings is 1. The highest BCUT2D eigenvalue weighted by Gasteiger charge is 2.41. The molecule has 3 aromatic rings. The molecule has 2 fully saturated rings. The lowest BCUT2D eigenvalue weighted by molar-refractivity contribution is 0.228. The van der Waals surface area contributed by atoms with E-state index in [4.69, 9.17) is 4.42 Å². The Morgan fingerprint density at radius 1 is 1.16 bits per heavy atom. The van der Waals surface area contributed by atoms with E-state index in [9.17, 15) is 0 Å². The molecule has 0 saturated carbocycles. The first-order valence-electron chi connectivity index (χ1n) is 9.15. The van der Waals surface area contributed by atoms with Gasteiger partial charge in [-0.2, -0.15) is 0 Å². The molecule has 4 heterocycles. The summed E-state index contributed by atoms with van der Waals surface area (Å²) < 4.78 is 6.04. The van der Waals surface area contributed by atoms with E-state index in [0.717, 1.165) is 42.6 Å². The lowest BCUT2D eigenvalue weighted by Crippen LogP contribution is -2.34. The molecular weight excluding hydrogens is 310 g/mol. The largest absolute Gasteiger partial charge is 0.460 e. The fraction of sp³-hybridized carbons (Fsp3) is 0.381. The second kappa shape index (κ2) is 5.88. The summed E-state index contributed by atoms with van der Waals surface area (Å²) in [4.78, 5) is 9.46. The quantitative estimate of drug-likeness (QED) is 0.729. The van der Waals surface area contributed by atoms with Gasteiger partial charge in [-0.1, -0.05) is 18.2 Å². The third-order valence-electron chi connectivity index (χ3n) is 5.74. The van der Waals surface area contributed by atoms with Crippen molar-refractivity contribution in [1.82, 2.24) is 9.88 Å². The minimum atomic E-state index is 0.627. The third kappa shape index (κ3) is 2.71. The van der Waals surface area contributed by atoms with Gasteiger partial charge in [-0.25, -0.2) is 0 Å². The number of hydrogen-bond acceptors (Lipinski definition) is 4. The summed E-state index contributed by atoms with van der Waals surface area (Å²) in [5, 5.41) is 1.20. The van der Waals surface area contributed by atoms with E-state index in [2.05, 4.69) is 58.1 Å². The van der Waals surface area contributed by atoms with Crippen molar-refractivity contribution in [2.75, 3.05) is 24.5 Å².